The second-order valence-corrected chi connectivity index (χ2v) is 13.3. The zero-order chi connectivity index (χ0) is 23.3. The predicted molar refractivity (Wildman–Crippen MR) is 133 cm³/mol. The maximum absolute atomic E-state index is 7.13. The summed E-state index contributed by atoms with van der Waals surface area (Å²) in [6.45, 7) is 33.2. The smallest absolute Gasteiger partial charge is 0.0666 e. The number of hydrogen-bond acceptors (Lipinski definition) is 1. The highest BCUT2D eigenvalue weighted by Crippen LogP contribution is 2.47. The molecule has 0 N–H and O–H groups in total. The molecular formula is C28H58O. The molecule has 0 aromatic rings. The predicted octanol–water partition coefficient (Wildman–Crippen LogP) is 9.54. The second-order valence-electron chi connectivity index (χ2n) is 13.3. The SMILES string of the molecule is CCC(C)CCC(C(C)(C)C)C(C)(C)OC(C)(C)C(CCC(C)CC)C(C)(C)C. The van der Waals surface area contributed by atoms with Crippen LogP contribution in [0.4, 0.5) is 0 Å². The molecule has 0 heterocycles. The Hall–Kier alpha value is -0.0400. The van der Waals surface area contributed by atoms with E-state index in [0.717, 1.165) is 11.8 Å². The third-order valence-corrected chi connectivity index (χ3v) is 7.59. The fourth-order valence-electron chi connectivity index (χ4n) is 5.78. The molecule has 4 atom stereocenters. The molecule has 29 heavy (non-hydrogen) atoms. The van der Waals surface area contributed by atoms with Crippen molar-refractivity contribution in [1.29, 1.82) is 0 Å². The largest absolute Gasteiger partial charge is 0.369 e. The molecule has 0 aliphatic rings. The average molecular weight is 411 g/mol. The van der Waals surface area contributed by atoms with Crippen molar-refractivity contribution in [2.45, 2.75) is 147 Å². The van der Waals surface area contributed by atoms with Crippen LogP contribution in [0.25, 0.3) is 0 Å². The van der Waals surface area contributed by atoms with E-state index >= 15 is 0 Å². The maximum atomic E-state index is 7.13. The van der Waals surface area contributed by atoms with Gasteiger partial charge < -0.3 is 4.74 Å². The Morgan fingerprint density at radius 3 is 1.00 bits per heavy atom. The van der Waals surface area contributed by atoms with Crippen molar-refractivity contribution in [3.63, 3.8) is 0 Å². The van der Waals surface area contributed by atoms with E-state index in [4.69, 9.17) is 4.74 Å². The van der Waals surface area contributed by atoms with Crippen LogP contribution in [-0.4, -0.2) is 11.2 Å². The minimum Gasteiger partial charge on any atom is -0.369 e. The molecule has 176 valence electrons. The van der Waals surface area contributed by atoms with E-state index in [2.05, 4.69) is 96.9 Å². The third-order valence-electron chi connectivity index (χ3n) is 7.59. The molecule has 0 radical (unpaired) electrons. The Morgan fingerprint density at radius 2 is 0.793 bits per heavy atom. The van der Waals surface area contributed by atoms with Crippen LogP contribution < -0.4 is 0 Å². The normalized spacial score (nSPS) is 18.4. The summed E-state index contributed by atoms with van der Waals surface area (Å²) in [5, 5.41) is 0. The standard InChI is InChI=1S/C28H58O/c1-15-21(3)17-19-23(25(5,6)7)27(11,12)29-28(13,14)24(26(8,9)10)20-18-22(4)16-2/h21-24H,15-20H2,1-14H3. The van der Waals surface area contributed by atoms with E-state index in [0.29, 0.717) is 11.8 Å². The molecule has 0 fully saturated rings. The van der Waals surface area contributed by atoms with Crippen LogP contribution in [0.1, 0.15) is 135 Å². The molecule has 0 rings (SSSR count). The highest BCUT2D eigenvalue weighted by Gasteiger charge is 2.46. The molecular weight excluding hydrogens is 352 g/mol. The molecule has 0 aromatic carbocycles. The van der Waals surface area contributed by atoms with E-state index in [1.807, 2.05) is 0 Å². The zero-order valence-electron chi connectivity index (χ0n) is 23.0. The molecule has 0 saturated carbocycles. The first kappa shape index (κ1) is 29.0. The lowest BCUT2D eigenvalue weighted by Crippen LogP contribution is -2.52. The monoisotopic (exact) mass is 410 g/mol. The lowest BCUT2D eigenvalue weighted by molar-refractivity contribution is -0.204. The summed E-state index contributed by atoms with van der Waals surface area (Å²) in [6, 6.07) is 0. The Kier molecular flexibility index (Phi) is 11.0. The van der Waals surface area contributed by atoms with Crippen LogP contribution in [-0.2, 0) is 4.74 Å². The molecule has 0 spiro atoms. The van der Waals surface area contributed by atoms with Crippen LogP contribution in [0.2, 0.25) is 0 Å². The summed E-state index contributed by atoms with van der Waals surface area (Å²) in [6.07, 6.45) is 7.62. The third kappa shape index (κ3) is 9.75. The fraction of sp³-hybridized carbons (Fsp3) is 1.00. The van der Waals surface area contributed by atoms with Crippen molar-refractivity contribution in [2.75, 3.05) is 0 Å². The van der Waals surface area contributed by atoms with Gasteiger partial charge in [0.15, 0.2) is 0 Å². The summed E-state index contributed by atoms with van der Waals surface area (Å²) < 4.78 is 7.13. The highest BCUT2D eigenvalue weighted by molar-refractivity contribution is 4.95. The average Bonchev–Trinajstić information content (AvgIpc) is 2.50. The summed E-state index contributed by atoms with van der Waals surface area (Å²) in [5.74, 6) is 2.67. The van der Waals surface area contributed by atoms with Gasteiger partial charge in [0.1, 0.15) is 0 Å². The minimum atomic E-state index is -0.144. The molecule has 1 nitrogen and oxygen atoms in total. The summed E-state index contributed by atoms with van der Waals surface area (Å²) >= 11 is 0. The van der Waals surface area contributed by atoms with Gasteiger partial charge in [0.05, 0.1) is 11.2 Å². The van der Waals surface area contributed by atoms with Crippen LogP contribution in [0, 0.1) is 34.5 Å². The van der Waals surface area contributed by atoms with Crippen LogP contribution in [0.3, 0.4) is 0 Å². The Balaban J connectivity index is 5.64. The lowest BCUT2D eigenvalue weighted by atomic mass is 9.66. The second kappa shape index (κ2) is 11.0. The molecule has 0 aliphatic heterocycles. The first-order chi connectivity index (χ1) is 12.9. The van der Waals surface area contributed by atoms with Gasteiger partial charge in [0.2, 0.25) is 0 Å². The van der Waals surface area contributed by atoms with Crippen molar-refractivity contribution >= 4 is 0 Å². The van der Waals surface area contributed by atoms with E-state index < -0.39 is 0 Å². The number of rotatable bonds is 12. The van der Waals surface area contributed by atoms with Gasteiger partial charge in [0, 0.05) is 0 Å². The van der Waals surface area contributed by atoms with Gasteiger partial charge in [0.25, 0.3) is 0 Å². The van der Waals surface area contributed by atoms with Gasteiger partial charge in [-0.3, -0.25) is 0 Å². The first-order valence-electron chi connectivity index (χ1n) is 12.6. The highest BCUT2D eigenvalue weighted by atomic mass is 16.5. The summed E-state index contributed by atoms with van der Waals surface area (Å²) in [4.78, 5) is 0. The molecule has 0 amide bonds. The van der Waals surface area contributed by atoms with Crippen molar-refractivity contribution in [1.82, 2.24) is 0 Å². The van der Waals surface area contributed by atoms with E-state index in [9.17, 15) is 0 Å². The molecule has 0 aliphatic carbocycles. The van der Waals surface area contributed by atoms with Crippen LogP contribution in [0.5, 0.6) is 0 Å². The maximum Gasteiger partial charge on any atom is 0.0666 e. The van der Waals surface area contributed by atoms with E-state index in [-0.39, 0.29) is 22.0 Å². The molecule has 4 unspecified atom stereocenters. The molecule has 0 saturated heterocycles. The molecule has 0 aromatic heterocycles. The van der Waals surface area contributed by atoms with Gasteiger partial charge in [-0.05, 0) is 75.0 Å². The fourth-order valence-corrected chi connectivity index (χ4v) is 5.78. The van der Waals surface area contributed by atoms with Crippen molar-refractivity contribution in [3.05, 3.63) is 0 Å². The Morgan fingerprint density at radius 1 is 0.517 bits per heavy atom. The Labute approximate surface area is 186 Å². The topological polar surface area (TPSA) is 9.23 Å². The number of hydrogen-bond donors (Lipinski definition) is 0. The first-order valence-corrected chi connectivity index (χ1v) is 12.6. The molecule has 1 heteroatoms. The van der Waals surface area contributed by atoms with Gasteiger partial charge >= 0.3 is 0 Å². The summed E-state index contributed by atoms with van der Waals surface area (Å²) in [7, 11) is 0. The lowest BCUT2D eigenvalue weighted by Gasteiger charge is -2.51. The van der Waals surface area contributed by atoms with Gasteiger partial charge in [-0.15, -0.1) is 0 Å². The van der Waals surface area contributed by atoms with Crippen molar-refractivity contribution in [2.24, 2.45) is 34.5 Å². The molecule has 0 bridgehead atoms. The van der Waals surface area contributed by atoms with E-state index in [1.54, 1.807) is 0 Å². The van der Waals surface area contributed by atoms with E-state index in [1.165, 1.54) is 38.5 Å². The van der Waals surface area contributed by atoms with Gasteiger partial charge in [-0.2, -0.15) is 0 Å². The Bertz CT molecular complexity index is 404. The zero-order valence-corrected chi connectivity index (χ0v) is 23.0. The van der Waals surface area contributed by atoms with Crippen LogP contribution in [0.15, 0.2) is 0 Å². The van der Waals surface area contributed by atoms with Gasteiger partial charge in [-0.25, -0.2) is 0 Å². The summed E-state index contributed by atoms with van der Waals surface area (Å²) in [5.41, 5.74) is 0.187. The number of ether oxygens (including phenoxy) is 1. The van der Waals surface area contributed by atoms with Crippen LogP contribution >= 0.6 is 0 Å². The van der Waals surface area contributed by atoms with Crippen molar-refractivity contribution in [3.8, 4) is 0 Å². The van der Waals surface area contributed by atoms with Gasteiger partial charge in [-0.1, -0.05) is 94.9 Å². The van der Waals surface area contributed by atoms with Crippen molar-refractivity contribution < 1.29 is 4.74 Å². The quantitative estimate of drug-likeness (QED) is 0.311. The minimum absolute atomic E-state index is 0.144.